The van der Waals surface area contributed by atoms with Crippen LogP contribution in [0.15, 0.2) is 28.8 Å². The Kier molecular flexibility index (Phi) is 6.89. The van der Waals surface area contributed by atoms with E-state index in [0.29, 0.717) is 37.8 Å². The third-order valence-corrected chi connectivity index (χ3v) is 6.02. The number of aryl methyl sites for hydroxylation is 1. The molecule has 1 aliphatic rings. The summed E-state index contributed by atoms with van der Waals surface area (Å²) in [6.07, 6.45) is -3.86. The molecular formula is C22H27F3N6O3. The normalized spacial score (nSPS) is 16.9. The average Bonchev–Trinajstić information content (AvgIpc) is 3.43. The maximum atomic E-state index is 12.6. The monoisotopic (exact) mass is 480 g/mol. The van der Waals surface area contributed by atoms with Crippen molar-refractivity contribution in [1.29, 1.82) is 0 Å². The highest BCUT2D eigenvalue weighted by Crippen LogP contribution is 2.29. The van der Waals surface area contributed by atoms with E-state index in [0.717, 1.165) is 23.0 Å². The maximum absolute atomic E-state index is 12.6. The smallest absolute Gasteiger partial charge is 0.438 e. The molecule has 3 aromatic rings. The minimum Gasteiger partial charge on any atom is -0.438 e. The number of carbonyl (C=O) groups is 1. The first kappa shape index (κ1) is 24.1. The highest BCUT2D eigenvalue weighted by Gasteiger charge is 2.43. The summed E-state index contributed by atoms with van der Waals surface area (Å²) in [4.78, 5) is 19.3. The zero-order chi connectivity index (χ0) is 24.5. The van der Waals surface area contributed by atoms with Gasteiger partial charge in [0, 0.05) is 17.8 Å². The van der Waals surface area contributed by atoms with Crippen molar-refractivity contribution >= 4 is 16.9 Å². The van der Waals surface area contributed by atoms with E-state index in [1.54, 1.807) is 18.8 Å². The van der Waals surface area contributed by atoms with Gasteiger partial charge in [-0.15, -0.1) is 0 Å². The van der Waals surface area contributed by atoms with Gasteiger partial charge in [-0.2, -0.15) is 27.9 Å². The third kappa shape index (κ3) is 5.07. The van der Waals surface area contributed by atoms with Crippen molar-refractivity contribution < 1.29 is 27.2 Å². The molecule has 34 heavy (non-hydrogen) atoms. The summed E-state index contributed by atoms with van der Waals surface area (Å²) < 4.78 is 49.7. The van der Waals surface area contributed by atoms with Crippen LogP contribution < -0.4 is 0 Å². The zero-order valence-corrected chi connectivity index (χ0v) is 19.2. The molecule has 1 unspecified atom stereocenters. The number of esters is 1. The fourth-order valence-electron chi connectivity index (χ4n) is 4.10. The van der Waals surface area contributed by atoms with Crippen molar-refractivity contribution in [3.63, 3.8) is 0 Å². The van der Waals surface area contributed by atoms with Crippen LogP contribution in [0.4, 0.5) is 13.2 Å². The quantitative estimate of drug-likeness (QED) is 0.376. The van der Waals surface area contributed by atoms with Gasteiger partial charge >= 0.3 is 12.1 Å². The zero-order valence-electron chi connectivity index (χ0n) is 19.2. The molecule has 184 valence electrons. The van der Waals surface area contributed by atoms with Gasteiger partial charge in [-0.1, -0.05) is 25.1 Å². The topological polar surface area (TPSA) is 89.5 Å². The summed E-state index contributed by atoms with van der Waals surface area (Å²) in [6, 6.07) is 7.88. The largest absolute Gasteiger partial charge is 0.490 e. The van der Waals surface area contributed by atoms with Crippen LogP contribution in [0.25, 0.3) is 16.9 Å². The van der Waals surface area contributed by atoms with E-state index >= 15 is 0 Å². The molecule has 0 N–H and O–H groups in total. The van der Waals surface area contributed by atoms with Crippen molar-refractivity contribution in [2.45, 2.75) is 44.5 Å². The van der Waals surface area contributed by atoms with E-state index in [4.69, 9.17) is 4.52 Å². The van der Waals surface area contributed by atoms with Crippen LogP contribution in [0, 0.1) is 0 Å². The number of aromatic nitrogens is 4. The number of benzene rings is 1. The number of piperidine rings is 1. The van der Waals surface area contributed by atoms with Crippen LogP contribution in [-0.4, -0.2) is 81.8 Å². The van der Waals surface area contributed by atoms with Gasteiger partial charge in [-0.3, -0.25) is 9.80 Å². The molecule has 1 saturated heterocycles. The number of para-hydroxylation sites is 1. The van der Waals surface area contributed by atoms with E-state index in [2.05, 4.69) is 20.0 Å². The average molecular weight is 480 g/mol. The highest BCUT2D eigenvalue weighted by molar-refractivity contribution is 5.83. The molecule has 1 fully saturated rings. The Morgan fingerprint density at radius 2 is 1.97 bits per heavy atom. The number of likely N-dealkylation sites (tertiary alicyclic amines) is 1. The van der Waals surface area contributed by atoms with Crippen LogP contribution in [0.1, 0.15) is 37.3 Å². The van der Waals surface area contributed by atoms with Crippen molar-refractivity contribution in [2.24, 2.45) is 0 Å². The highest BCUT2D eigenvalue weighted by atomic mass is 19.4. The number of nitrogens with zero attached hydrogens (tertiary/aromatic N) is 6. The Morgan fingerprint density at radius 3 is 2.62 bits per heavy atom. The van der Waals surface area contributed by atoms with Crippen molar-refractivity contribution in [3.8, 4) is 5.95 Å². The fourth-order valence-corrected chi connectivity index (χ4v) is 4.10. The summed E-state index contributed by atoms with van der Waals surface area (Å²) in [5.74, 6) is -1.27. The summed E-state index contributed by atoms with van der Waals surface area (Å²) >= 11 is 0. The number of alkyl halides is 3. The first-order valence-corrected chi connectivity index (χ1v) is 11.1. The van der Waals surface area contributed by atoms with Crippen LogP contribution >= 0.6 is 0 Å². The molecule has 0 bridgehead atoms. The molecule has 0 aliphatic carbocycles. The van der Waals surface area contributed by atoms with Gasteiger partial charge < -0.3 is 9.26 Å². The number of hydrogen-bond donors (Lipinski definition) is 0. The molecule has 1 aromatic carbocycles. The van der Waals surface area contributed by atoms with E-state index in [9.17, 15) is 18.0 Å². The summed E-state index contributed by atoms with van der Waals surface area (Å²) in [7, 11) is 3.15. The second-order valence-electron chi connectivity index (χ2n) is 8.56. The molecule has 4 rings (SSSR count). The lowest BCUT2D eigenvalue weighted by molar-refractivity contribution is -0.212. The number of hydrogen-bond acceptors (Lipinski definition) is 8. The molecule has 9 nitrogen and oxygen atoms in total. The Hall–Kier alpha value is -2.99. The summed E-state index contributed by atoms with van der Waals surface area (Å²) in [6.45, 7) is 3.41. The predicted molar refractivity (Wildman–Crippen MR) is 116 cm³/mol. The standard InChI is InChI=1S/C22H27F3N6O3/c1-4-16-15-7-5-6-8-17(15)31(27-16)21-26-19(34-28-21)14-9-11-30(12-10-14)13-18(29(2)3)33-20(32)22(23,24)25/h5-8,14,18H,4,9-13H2,1-3H3. The summed E-state index contributed by atoms with van der Waals surface area (Å²) in [5.41, 5.74) is 1.86. The second kappa shape index (κ2) is 9.71. The number of fused-ring (bicyclic) bond motifs is 1. The Balaban J connectivity index is 1.40. The summed E-state index contributed by atoms with van der Waals surface area (Å²) in [5, 5.41) is 9.82. The van der Waals surface area contributed by atoms with Gasteiger partial charge in [-0.05, 0) is 57.7 Å². The minimum atomic E-state index is -5.02. The van der Waals surface area contributed by atoms with E-state index in [1.807, 2.05) is 36.1 Å². The van der Waals surface area contributed by atoms with Crippen LogP contribution in [0.2, 0.25) is 0 Å². The Labute approximate surface area is 194 Å². The second-order valence-corrected chi connectivity index (χ2v) is 8.56. The predicted octanol–water partition coefficient (Wildman–Crippen LogP) is 3.14. The van der Waals surface area contributed by atoms with Crippen molar-refractivity contribution in [3.05, 3.63) is 35.9 Å². The van der Waals surface area contributed by atoms with Gasteiger partial charge in [-0.25, -0.2) is 4.79 Å². The lowest BCUT2D eigenvalue weighted by Crippen LogP contribution is -2.47. The molecule has 0 saturated carbocycles. The molecular weight excluding hydrogens is 453 g/mol. The Morgan fingerprint density at radius 1 is 1.26 bits per heavy atom. The molecule has 12 heteroatoms. The van der Waals surface area contributed by atoms with Crippen LogP contribution in [0.3, 0.4) is 0 Å². The molecule has 2 aromatic heterocycles. The van der Waals surface area contributed by atoms with Gasteiger partial charge in [0.25, 0.3) is 5.95 Å². The molecule has 1 aliphatic heterocycles. The van der Waals surface area contributed by atoms with Crippen molar-refractivity contribution in [1.82, 2.24) is 29.7 Å². The van der Waals surface area contributed by atoms with Gasteiger partial charge in [0.15, 0.2) is 6.23 Å². The van der Waals surface area contributed by atoms with E-state index in [-0.39, 0.29) is 12.5 Å². The number of halogens is 3. The Bertz CT molecular complexity index is 1130. The molecule has 0 radical (unpaired) electrons. The molecule has 0 amide bonds. The number of likely N-dealkylation sites (N-methyl/N-ethyl adjacent to an activating group) is 1. The minimum absolute atomic E-state index is 0.0282. The van der Waals surface area contributed by atoms with Gasteiger partial charge in [0.2, 0.25) is 5.89 Å². The lowest BCUT2D eigenvalue weighted by atomic mass is 9.97. The van der Waals surface area contributed by atoms with E-state index in [1.165, 1.54) is 4.90 Å². The van der Waals surface area contributed by atoms with Crippen LogP contribution in [0.5, 0.6) is 0 Å². The number of ether oxygens (including phenoxy) is 1. The van der Waals surface area contributed by atoms with Gasteiger partial charge in [0.05, 0.1) is 11.2 Å². The third-order valence-electron chi connectivity index (χ3n) is 6.02. The molecule has 0 spiro atoms. The first-order valence-electron chi connectivity index (χ1n) is 11.1. The van der Waals surface area contributed by atoms with Crippen LogP contribution in [-0.2, 0) is 16.0 Å². The first-order chi connectivity index (χ1) is 16.2. The molecule has 1 atom stereocenters. The van der Waals surface area contributed by atoms with Crippen molar-refractivity contribution in [2.75, 3.05) is 33.7 Å². The lowest BCUT2D eigenvalue weighted by Gasteiger charge is -2.34. The number of rotatable bonds is 7. The fraction of sp³-hybridized carbons (Fsp3) is 0.545. The SMILES string of the molecule is CCc1nn(-c2noc(C3CCN(CC(OC(=O)C(F)(F)F)N(C)C)CC3)n2)c2ccccc12. The maximum Gasteiger partial charge on any atom is 0.490 e. The number of carbonyl (C=O) groups excluding carboxylic acids is 1. The van der Waals surface area contributed by atoms with Gasteiger partial charge in [0.1, 0.15) is 0 Å². The van der Waals surface area contributed by atoms with E-state index < -0.39 is 18.4 Å². The molecule has 3 heterocycles.